The van der Waals surface area contributed by atoms with Gasteiger partial charge in [-0.15, -0.1) is 0 Å². The molecule has 0 radical (unpaired) electrons. The number of rotatable bonds is 4. The highest BCUT2D eigenvalue weighted by Crippen LogP contribution is 2.41. The van der Waals surface area contributed by atoms with Crippen LogP contribution in [0.1, 0.15) is 46.5 Å². The number of hydrogen-bond donors (Lipinski definition) is 2. The minimum Gasteiger partial charge on any atom is -0.394 e. The lowest BCUT2D eigenvalue weighted by Gasteiger charge is -2.39. The molecular formula is C18H28ClNO. The van der Waals surface area contributed by atoms with E-state index in [-0.39, 0.29) is 12.6 Å². The minimum atomic E-state index is 0.145. The molecule has 0 aromatic heterocycles. The topological polar surface area (TPSA) is 32.3 Å². The molecule has 3 heteroatoms. The van der Waals surface area contributed by atoms with Crippen LogP contribution in [0.2, 0.25) is 5.02 Å². The molecule has 1 aromatic carbocycles. The predicted octanol–water partition coefficient (Wildman–Crippen LogP) is 4.97. The predicted molar refractivity (Wildman–Crippen MR) is 90.9 cm³/mol. The Morgan fingerprint density at radius 2 is 1.71 bits per heavy atom. The Bertz CT molecular complexity index is 430. The molecule has 1 aliphatic rings. The van der Waals surface area contributed by atoms with Gasteiger partial charge in [-0.3, -0.25) is 0 Å². The highest BCUT2D eigenvalue weighted by atomic mass is 35.5. The van der Waals surface area contributed by atoms with Crippen LogP contribution in [0.15, 0.2) is 24.3 Å². The monoisotopic (exact) mass is 309 g/mol. The van der Waals surface area contributed by atoms with Gasteiger partial charge < -0.3 is 10.4 Å². The van der Waals surface area contributed by atoms with Gasteiger partial charge >= 0.3 is 0 Å². The van der Waals surface area contributed by atoms with Gasteiger partial charge in [-0.25, -0.2) is 0 Å². The first-order valence-corrected chi connectivity index (χ1v) is 8.41. The fourth-order valence-electron chi connectivity index (χ4n) is 3.46. The second-order valence-corrected chi connectivity index (χ2v) is 7.85. The molecular weight excluding hydrogens is 282 g/mol. The second kappa shape index (κ2) is 7.02. The van der Waals surface area contributed by atoms with E-state index in [0.29, 0.717) is 11.3 Å². The van der Waals surface area contributed by atoms with Gasteiger partial charge in [-0.05, 0) is 67.2 Å². The van der Waals surface area contributed by atoms with Gasteiger partial charge in [0.25, 0.3) is 0 Å². The van der Waals surface area contributed by atoms with Gasteiger partial charge in [0, 0.05) is 10.7 Å². The first-order chi connectivity index (χ1) is 9.90. The van der Waals surface area contributed by atoms with Gasteiger partial charge in [-0.2, -0.15) is 0 Å². The van der Waals surface area contributed by atoms with E-state index in [1.807, 2.05) is 24.3 Å². The van der Waals surface area contributed by atoms with E-state index in [1.54, 1.807) is 0 Å². The number of hydrogen-bond acceptors (Lipinski definition) is 2. The van der Waals surface area contributed by atoms with Crippen LogP contribution in [0.5, 0.6) is 0 Å². The summed E-state index contributed by atoms with van der Waals surface area (Å²) in [7, 11) is 0. The van der Waals surface area contributed by atoms with Crippen LogP contribution in [-0.4, -0.2) is 17.8 Å². The van der Waals surface area contributed by atoms with Gasteiger partial charge in [0.15, 0.2) is 0 Å². The lowest BCUT2D eigenvalue weighted by Crippen LogP contribution is -2.37. The molecule has 1 aromatic rings. The first kappa shape index (κ1) is 16.6. The molecule has 0 amide bonds. The van der Waals surface area contributed by atoms with Crippen molar-refractivity contribution in [2.75, 3.05) is 11.9 Å². The summed E-state index contributed by atoms with van der Waals surface area (Å²) in [6.45, 7) is 7.21. The molecule has 2 rings (SSSR count). The van der Waals surface area contributed by atoms with E-state index >= 15 is 0 Å². The Morgan fingerprint density at radius 3 is 2.19 bits per heavy atom. The zero-order valence-corrected chi connectivity index (χ0v) is 14.2. The number of aliphatic hydroxyl groups excluding tert-OH is 1. The van der Waals surface area contributed by atoms with E-state index in [9.17, 15) is 5.11 Å². The van der Waals surface area contributed by atoms with E-state index in [4.69, 9.17) is 11.6 Å². The highest BCUT2D eigenvalue weighted by Gasteiger charge is 2.32. The lowest BCUT2D eigenvalue weighted by molar-refractivity contribution is 0.127. The van der Waals surface area contributed by atoms with Crippen molar-refractivity contribution in [3.63, 3.8) is 0 Å². The van der Waals surface area contributed by atoms with Crippen molar-refractivity contribution >= 4 is 17.3 Å². The Balaban J connectivity index is 1.92. The van der Waals surface area contributed by atoms with Crippen molar-refractivity contribution in [2.24, 2.45) is 17.3 Å². The Labute approximate surface area is 133 Å². The summed E-state index contributed by atoms with van der Waals surface area (Å²) in [6.07, 6.45) is 4.95. The summed E-state index contributed by atoms with van der Waals surface area (Å²) in [6, 6.07) is 7.87. The first-order valence-electron chi connectivity index (χ1n) is 8.03. The van der Waals surface area contributed by atoms with Crippen LogP contribution in [0.4, 0.5) is 5.69 Å². The van der Waals surface area contributed by atoms with E-state index in [2.05, 4.69) is 26.1 Å². The summed E-state index contributed by atoms with van der Waals surface area (Å²) in [5.41, 5.74) is 1.44. The highest BCUT2D eigenvalue weighted by molar-refractivity contribution is 6.30. The third kappa shape index (κ3) is 4.62. The molecule has 0 saturated heterocycles. The SMILES string of the molecule is CC(C)(C)C1CCC(C(CO)Nc2ccc(Cl)cc2)CC1. The number of aliphatic hydroxyl groups is 1. The lowest BCUT2D eigenvalue weighted by atomic mass is 9.68. The van der Waals surface area contributed by atoms with Crippen LogP contribution < -0.4 is 5.32 Å². The van der Waals surface area contributed by atoms with Crippen molar-refractivity contribution in [2.45, 2.75) is 52.5 Å². The van der Waals surface area contributed by atoms with Gasteiger partial charge in [-0.1, -0.05) is 32.4 Å². The van der Waals surface area contributed by atoms with Crippen LogP contribution in [-0.2, 0) is 0 Å². The van der Waals surface area contributed by atoms with E-state index in [0.717, 1.165) is 16.6 Å². The van der Waals surface area contributed by atoms with Crippen LogP contribution in [0.25, 0.3) is 0 Å². The summed E-state index contributed by atoms with van der Waals surface area (Å²) in [4.78, 5) is 0. The summed E-state index contributed by atoms with van der Waals surface area (Å²) < 4.78 is 0. The molecule has 2 N–H and O–H groups in total. The normalized spacial score (nSPS) is 24.6. The van der Waals surface area contributed by atoms with Gasteiger partial charge in [0.05, 0.1) is 12.6 Å². The summed E-state index contributed by atoms with van der Waals surface area (Å²) in [5, 5.41) is 13.9. The molecule has 1 unspecified atom stereocenters. The zero-order chi connectivity index (χ0) is 15.5. The van der Waals surface area contributed by atoms with Crippen LogP contribution >= 0.6 is 11.6 Å². The average Bonchev–Trinajstić information content (AvgIpc) is 2.46. The van der Waals surface area contributed by atoms with Crippen molar-refractivity contribution in [3.8, 4) is 0 Å². The van der Waals surface area contributed by atoms with Crippen molar-refractivity contribution in [3.05, 3.63) is 29.3 Å². The maximum Gasteiger partial charge on any atom is 0.0635 e. The second-order valence-electron chi connectivity index (χ2n) is 7.42. The van der Waals surface area contributed by atoms with E-state index < -0.39 is 0 Å². The number of nitrogens with one attached hydrogen (secondary N) is 1. The molecule has 21 heavy (non-hydrogen) atoms. The maximum absolute atomic E-state index is 9.73. The smallest absolute Gasteiger partial charge is 0.0635 e. The third-order valence-electron chi connectivity index (χ3n) is 4.96. The zero-order valence-electron chi connectivity index (χ0n) is 13.4. The Kier molecular flexibility index (Phi) is 5.56. The molecule has 0 bridgehead atoms. The third-order valence-corrected chi connectivity index (χ3v) is 5.21. The quantitative estimate of drug-likeness (QED) is 0.823. The fourth-order valence-corrected chi connectivity index (χ4v) is 3.59. The van der Waals surface area contributed by atoms with E-state index in [1.165, 1.54) is 25.7 Å². The van der Waals surface area contributed by atoms with Crippen molar-refractivity contribution < 1.29 is 5.11 Å². The largest absolute Gasteiger partial charge is 0.394 e. The molecule has 0 aliphatic heterocycles. The van der Waals surface area contributed by atoms with Gasteiger partial charge in [0.2, 0.25) is 0 Å². The minimum absolute atomic E-state index is 0.145. The molecule has 2 nitrogen and oxygen atoms in total. The molecule has 0 spiro atoms. The molecule has 1 saturated carbocycles. The Hall–Kier alpha value is -0.730. The van der Waals surface area contributed by atoms with Crippen molar-refractivity contribution in [1.29, 1.82) is 0 Å². The molecule has 0 heterocycles. The molecule has 1 atom stereocenters. The average molecular weight is 310 g/mol. The summed E-state index contributed by atoms with van der Waals surface area (Å²) >= 11 is 5.91. The number of halogens is 1. The van der Waals surface area contributed by atoms with Crippen LogP contribution in [0, 0.1) is 17.3 Å². The Morgan fingerprint density at radius 1 is 1.14 bits per heavy atom. The van der Waals surface area contributed by atoms with Crippen molar-refractivity contribution in [1.82, 2.24) is 0 Å². The summed E-state index contributed by atoms with van der Waals surface area (Å²) in [5.74, 6) is 1.37. The van der Waals surface area contributed by atoms with Gasteiger partial charge in [0.1, 0.15) is 0 Å². The molecule has 118 valence electrons. The maximum atomic E-state index is 9.73. The molecule has 1 aliphatic carbocycles. The number of benzene rings is 1. The fraction of sp³-hybridized carbons (Fsp3) is 0.667. The molecule has 1 fully saturated rings. The van der Waals surface area contributed by atoms with Crippen LogP contribution in [0.3, 0.4) is 0 Å². The number of anilines is 1. The standard InChI is InChI=1S/C18H28ClNO/c1-18(2,3)14-6-4-13(5-7-14)17(12-21)20-16-10-8-15(19)9-11-16/h8-11,13-14,17,20-21H,4-7,12H2,1-3H3.